The Morgan fingerprint density at radius 2 is 1.88 bits per heavy atom. The Balaban J connectivity index is 2.48. The summed E-state index contributed by atoms with van der Waals surface area (Å²) >= 11 is 0. The van der Waals surface area contributed by atoms with Gasteiger partial charge in [0, 0.05) is 6.08 Å². The molecular weight excluding hydrogens is 198 g/mol. The Kier molecular flexibility index (Phi) is 2.88. The van der Waals surface area contributed by atoms with Crippen molar-refractivity contribution in [1.82, 2.24) is 0 Å². The summed E-state index contributed by atoms with van der Waals surface area (Å²) in [6, 6.07) is 14.0. The number of methoxy groups -OCH3 is 1. The zero-order valence-corrected chi connectivity index (χ0v) is 8.97. The van der Waals surface area contributed by atoms with Crippen molar-refractivity contribution >= 4 is 16.8 Å². The van der Waals surface area contributed by atoms with E-state index in [1.807, 2.05) is 42.5 Å². The van der Waals surface area contributed by atoms with E-state index >= 15 is 0 Å². The van der Waals surface area contributed by atoms with Crippen LogP contribution in [0.4, 0.5) is 0 Å². The predicted octanol–water partition coefficient (Wildman–Crippen LogP) is 3.39. The molecule has 0 fully saturated rings. The van der Waals surface area contributed by atoms with Gasteiger partial charge in [-0.2, -0.15) is 5.26 Å². The quantitative estimate of drug-likeness (QED) is 0.710. The van der Waals surface area contributed by atoms with Crippen molar-refractivity contribution < 1.29 is 4.74 Å². The van der Waals surface area contributed by atoms with E-state index in [-0.39, 0.29) is 0 Å². The van der Waals surface area contributed by atoms with E-state index in [0.29, 0.717) is 0 Å². The zero-order valence-electron chi connectivity index (χ0n) is 8.97. The molecule has 0 aliphatic heterocycles. The Morgan fingerprint density at radius 3 is 2.62 bits per heavy atom. The van der Waals surface area contributed by atoms with Crippen molar-refractivity contribution in [2.24, 2.45) is 0 Å². The lowest BCUT2D eigenvalue weighted by molar-refractivity contribution is 0.415. The topological polar surface area (TPSA) is 33.0 Å². The Morgan fingerprint density at radius 1 is 1.12 bits per heavy atom. The third-order valence-corrected chi connectivity index (χ3v) is 2.42. The van der Waals surface area contributed by atoms with Crippen LogP contribution >= 0.6 is 0 Å². The lowest BCUT2D eigenvalue weighted by Crippen LogP contribution is -1.82. The van der Waals surface area contributed by atoms with Gasteiger partial charge in [0.2, 0.25) is 0 Å². The molecule has 2 aromatic carbocycles. The zero-order chi connectivity index (χ0) is 11.4. The van der Waals surface area contributed by atoms with E-state index in [0.717, 1.165) is 22.1 Å². The largest absolute Gasteiger partial charge is 0.497 e. The summed E-state index contributed by atoms with van der Waals surface area (Å²) in [6.45, 7) is 0. The van der Waals surface area contributed by atoms with Gasteiger partial charge in [0.15, 0.2) is 0 Å². The van der Waals surface area contributed by atoms with E-state index in [1.54, 1.807) is 13.2 Å². The van der Waals surface area contributed by atoms with Crippen molar-refractivity contribution in [2.45, 2.75) is 0 Å². The lowest BCUT2D eigenvalue weighted by atomic mass is 10.1. The summed E-state index contributed by atoms with van der Waals surface area (Å²) in [7, 11) is 1.66. The van der Waals surface area contributed by atoms with Crippen LogP contribution in [0.15, 0.2) is 42.5 Å². The number of ether oxygens (including phenoxy) is 1. The molecule has 16 heavy (non-hydrogen) atoms. The third-order valence-electron chi connectivity index (χ3n) is 2.42. The van der Waals surface area contributed by atoms with Gasteiger partial charge in [-0.3, -0.25) is 0 Å². The number of nitriles is 1. The van der Waals surface area contributed by atoms with Gasteiger partial charge in [0.05, 0.1) is 13.2 Å². The van der Waals surface area contributed by atoms with Crippen LogP contribution in [0.25, 0.3) is 16.8 Å². The first kappa shape index (κ1) is 10.3. The highest BCUT2D eigenvalue weighted by atomic mass is 16.5. The average Bonchev–Trinajstić information content (AvgIpc) is 2.35. The molecule has 0 aliphatic carbocycles. The van der Waals surface area contributed by atoms with Crippen molar-refractivity contribution in [3.63, 3.8) is 0 Å². The summed E-state index contributed by atoms with van der Waals surface area (Å²) in [4.78, 5) is 0. The molecule has 0 bridgehead atoms. The van der Waals surface area contributed by atoms with Crippen LogP contribution in [0.1, 0.15) is 5.56 Å². The molecule has 0 saturated heterocycles. The molecule has 2 heteroatoms. The van der Waals surface area contributed by atoms with Crippen LogP contribution in [0.2, 0.25) is 0 Å². The van der Waals surface area contributed by atoms with Crippen LogP contribution in [0, 0.1) is 11.3 Å². The van der Waals surface area contributed by atoms with E-state index in [2.05, 4.69) is 0 Å². The maximum atomic E-state index is 8.46. The summed E-state index contributed by atoms with van der Waals surface area (Å²) < 4.78 is 5.16. The van der Waals surface area contributed by atoms with E-state index < -0.39 is 0 Å². The normalized spacial score (nSPS) is 10.5. The average molecular weight is 209 g/mol. The Hall–Kier alpha value is -2.27. The Labute approximate surface area is 94.4 Å². The lowest BCUT2D eigenvalue weighted by Gasteiger charge is -2.03. The smallest absolute Gasteiger partial charge is 0.119 e. The van der Waals surface area contributed by atoms with Crippen molar-refractivity contribution in [3.8, 4) is 11.8 Å². The first-order valence-electron chi connectivity index (χ1n) is 4.97. The van der Waals surface area contributed by atoms with Crippen molar-refractivity contribution in [1.29, 1.82) is 5.26 Å². The van der Waals surface area contributed by atoms with Crippen LogP contribution in [-0.2, 0) is 0 Å². The number of benzene rings is 2. The van der Waals surface area contributed by atoms with Crippen LogP contribution < -0.4 is 4.74 Å². The maximum Gasteiger partial charge on any atom is 0.119 e. The number of fused-ring (bicyclic) bond motifs is 1. The summed E-state index contributed by atoms with van der Waals surface area (Å²) in [5, 5.41) is 10.7. The predicted molar refractivity (Wildman–Crippen MR) is 65.1 cm³/mol. The van der Waals surface area contributed by atoms with E-state index in [4.69, 9.17) is 10.00 Å². The van der Waals surface area contributed by atoms with E-state index in [1.165, 1.54) is 6.08 Å². The molecule has 0 unspecified atom stereocenters. The number of hydrogen-bond acceptors (Lipinski definition) is 2. The second kappa shape index (κ2) is 4.50. The minimum atomic E-state index is 0.854. The van der Waals surface area contributed by atoms with Crippen molar-refractivity contribution in [3.05, 3.63) is 48.0 Å². The highest BCUT2D eigenvalue weighted by Crippen LogP contribution is 2.22. The molecule has 0 saturated carbocycles. The number of allylic oxidation sites excluding steroid dienone is 1. The second-order valence-corrected chi connectivity index (χ2v) is 3.43. The first-order chi connectivity index (χ1) is 7.83. The molecule has 0 aromatic heterocycles. The molecule has 2 rings (SSSR count). The Bertz CT molecular complexity index is 579. The van der Waals surface area contributed by atoms with E-state index in [9.17, 15) is 0 Å². The standard InChI is InChI=1S/C14H11NO/c1-16-14-7-6-12-9-11(3-2-8-15)4-5-13(12)10-14/h2-7,9-10H,1H3/b3-2-. The van der Waals surface area contributed by atoms with Crippen LogP contribution in [0.5, 0.6) is 5.75 Å². The molecule has 0 N–H and O–H groups in total. The number of hydrogen-bond donors (Lipinski definition) is 0. The molecule has 0 radical (unpaired) electrons. The third kappa shape index (κ3) is 2.04. The highest BCUT2D eigenvalue weighted by Gasteiger charge is 1.96. The summed E-state index contributed by atoms with van der Waals surface area (Å²) in [6.07, 6.45) is 3.27. The minimum Gasteiger partial charge on any atom is -0.497 e. The van der Waals surface area contributed by atoms with Gasteiger partial charge in [-0.1, -0.05) is 18.2 Å². The maximum absolute atomic E-state index is 8.46. The van der Waals surface area contributed by atoms with Gasteiger partial charge in [-0.25, -0.2) is 0 Å². The van der Waals surface area contributed by atoms with Gasteiger partial charge < -0.3 is 4.74 Å². The fraction of sp³-hybridized carbons (Fsp3) is 0.0714. The van der Waals surface area contributed by atoms with Gasteiger partial charge in [0.1, 0.15) is 5.75 Å². The molecule has 0 amide bonds. The molecular formula is C14H11NO. The SMILES string of the molecule is COc1ccc2cc(/C=C\C#N)ccc2c1. The van der Waals surface area contributed by atoms with Gasteiger partial charge in [0.25, 0.3) is 0 Å². The second-order valence-electron chi connectivity index (χ2n) is 3.43. The van der Waals surface area contributed by atoms with Gasteiger partial charge >= 0.3 is 0 Å². The molecule has 2 aromatic rings. The highest BCUT2D eigenvalue weighted by molar-refractivity contribution is 5.86. The summed E-state index contributed by atoms with van der Waals surface area (Å²) in [5.41, 5.74) is 1.03. The van der Waals surface area contributed by atoms with Crippen LogP contribution in [0.3, 0.4) is 0 Å². The van der Waals surface area contributed by atoms with Gasteiger partial charge in [-0.15, -0.1) is 0 Å². The number of nitrogens with zero attached hydrogens (tertiary/aromatic N) is 1. The molecule has 0 atom stereocenters. The molecule has 0 spiro atoms. The molecule has 0 heterocycles. The fourth-order valence-corrected chi connectivity index (χ4v) is 1.61. The minimum absolute atomic E-state index is 0.854. The first-order valence-corrected chi connectivity index (χ1v) is 4.97. The van der Waals surface area contributed by atoms with Gasteiger partial charge in [-0.05, 0) is 40.6 Å². The summed E-state index contributed by atoms with van der Waals surface area (Å²) in [5.74, 6) is 0.854. The molecule has 0 aliphatic rings. The number of rotatable bonds is 2. The fourth-order valence-electron chi connectivity index (χ4n) is 1.61. The van der Waals surface area contributed by atoms with Crippen molar-refractivity contribution in [2.75, 3.05) is 7.11 Å². The molecule has 78 valence electrons. The van der Waals surface area contributed by atoms with Crippen LogP contribution in [-0.4, -0.2) is 7.11 Å². The molecule has 2 nitrogen and oxygen atoms in total. The monoisotopic (exact) mass is 209 g/mol.